The van der Waals surface area contributed by atoms with Gasteiger partial charge in [0, 0.05) is 37.5 Å². The average molecular weight is 667 g/mol. The van der Waals surface area contributed by atoms with Gasteiger partial charge in [-0.15, -0.1) is 0 Å². The summed E-state index contributed by atoms with van der Waals surface area (Å²) in [5, 5.41) is 25.9. The number of aliphatic hydroxyl groups is 1. The van der Waals surface area contributed by atoms with Crippen LogP contribution < -0.4 is 0 Å². The average Bonchev–Trinajstić information content (AvgIpc) is 3.02. The maximum absolute atomic E-state index is 14.8. The molecule has 4 aromatic rings. The van der Waals surface area contributed by atoms with Crippen molar-refractivity contribution in [1.29, 1.82) is 5.26 Å². The number of esters is 1. The maximum atomic E-state index is 14.8. The molecule has 1 fully saturated rings. The summed E-state index contributed by atoms with van der Waals surface area (Å²) in [6.45, 7) is 1.65. The number of hydrogen-bond acceptors (Lipinski definition) is 5. The molecule has 9 heteroatoms. The van der Waals surface area contributed by atoms with Crippen LogP contribution in [0.4, 0.5) is 0 Å². The van der Waals surface area contributed by atoms with E-state index in [9.17, 15) is 20.0 Å². The van der Waals surface area contributed by atoms with Crippen LogP contribution in [0.2, 0.25) is 20.1 Å². The summed E-state index contributed by atoms with van der Waals surface area (Å²) in [5.74, 6) is -4.73. The van der Waals surface area contributed by atoms with Gasteiger partial charge in [0.2, 0.25) is 0 Å². The Bertz CT molecular complexity index is 1700. The lowest BCUT2D eigenvalue weighted by Crippen LogP contribution is -2.59. The summed E-state index contributed by atoms with van der Waals surface area (Å²) < 4.78 is 5.62. The molecule has 1 aliphatic rings. The molecule has 0 aliphatic heterocycles. The van der Waals surface area contributed by atoms with Crippen LogP contribution in [0.25, 0.3) is 0 Å². The molecule has 5 nitrogen and oxygen atoms in total. The van der Waals surface area contributed by atoms with E-state index in [1.807, 2.05) is 0 Å². The Balaban J connectivity index is 1.89. The fourth-order valence-electron chi connectivity index (χ4n) is 6.47. The number of rotatable bonds is 7. The molecule has 44 heavy (non-hydrogen) atoms. The van der Waals surface area contributed by atoms with Crippen LogP contribution in [0.1, 0.15) is 52.2 Å². The van der Waals surface area contributed by atoms with E-state index >= 15 is 0 Å². The summed E-state index contributed by atoms with van der Waals surface area (Å²) in [5.41, 5.74) is -2.14. The summed E-state index contributed by atoms with van der Waals surface area (Å²) in [4.78, 5) is 29.0. The summed E-state index contributed by atoms with van der Waals surface area (Å²) in [7, 11) is 0. The molecule has 5 rings (SSSR count). The predicted molar refractivity (Wildman–Crippen MR) is 172 cm³/mol. The van der Waals surface area contributed by atoms with Gasteiger partial charge in [-0.25, -0.2) is 0 Å². The Morgan fingerprint density at radius 1 is 0.795 bits per heavy atom. The van der Waals surface area contributed by atoms with Gasteiger partial charge in [-0.2, -0.15) is 5.26 Å². The largest absolute Gasteiger partial charge is 0.465 e. The second kappa shape index (κ2) is 12.9. The molecule has 0 heterocycles. The molecule has 0 bridgehead atoms. The Kier molecular flexibility index (Phi) is 9.41. The SMILES string of the molecule is CCOC(=O)[C@@]1(C#N)[C@@H](c2ccc(Cl)cc2)C[C@](O)(c2ccc(Cl)cc2)[C@H](C(=O)c2ccc(Cl)cc2)[C@@H]1c1ccc(Cl)cc1. The molecule has 0 saturated heterocycles. The van der Waals surface area contributed by atoms with Crippen molar-refractivity contribution in [3.8, 4) is 6.07 Å². The van der Waals surface area contributed by atoms with Crippen molar-refractivity contribution in [3.63, 3.8) is 0 Å². The van der Waals surface area contributed by atoms with E-state index in [1.165, 1.54) is 0 Å². The highest BCUT2D eigenvalue weighted by Gasteiger charge is 2.67. The van der Waals surface area contributed by atoms with Crippen LogP contribution in [0.15, 0.2) is 97.1 Å². The second-order valence-corrected chi connectivity index (χ2v) is 12.6. The quantitative estimate of drug-likeness (QED) is 0.157. The molecule has 1 aliphatic carbocycles. The molecular formula is C35H27Cl4NO4. The Morgan fingerprint density at radius 3 is 1.73 bits per heavy atom. The molecule has 4 aromatic carbocycles. The topological polar surface area (TPSA) is 87.4 Å². The third-order valence-electron chi connectivity index (χ3n) is 8.46. The van der Waals surface area contributed by atoms with Gasteiger partial charge in [-0.1, -0.05) is 82.8 Å². The molecule has 224 valence electrons. The van der Waals surface area contributed by atoms with Crippen LogP contribution in [-0.2, 0) is 15.1 Å². The number of carbonyl (C=O) groups is 2. The van der Waals surface area contributed by atoms with Crippen molar-refractivity contribution >= 4 is 58.2 Å². The van der Waals surface area contributed by atoms with Gasteiger partial charge in [-0.3, -0.25) is 9.59 Å². The number of Topliss-reactive ketones (excluding diaryl/α,β-unsaturated/α-hetero) is 1. The van der Waals surface area contributed by atoms with E-state index in [0.29, 0.717) is 36.8 Å². The fraction of sp³-hybridized carbons (Fsp3) is 0.229. The first-order valence-electron chi connectivity index (χ1n) is 13.9. The normalized spacial score (nSPS) is 24.7. The summed E-state index contributed by atoms with van der Waals surface area (Å²) in [6.07, 6.45) is -0.170. The predicted octanol–water partition coefficient (Wildman–Crippen LogP) is 9.03. The van der Waals surface area contributed by atoms with Crippen LogP contribution in [0.3, 0.4) is 0 Å². The van der Waals surface area contributed by atoms with Crippen LogP contribution in [-0.4, -0.2) is 23.5 Å². The highest BCUT2D eigenvalue weighted by molar-refractivity contribution is 6.31. The Morgan fingerprint density at radius 2 is 1.25 bits per heavy atom. The molecule has 0 aromatic heterocycles. The van der Waals surface area contributed by atoms with Crippen molar-refractivity contribution in [2.24, 2.45) is 11.3 Å². The minimum Gasteiger partial charge on any atom is -0.465 e. The number of ether oxygens (including phenoxy) is 1. The van der Waals surface area contributed by atoms with Crippen LogP contribution in [0.5, 0.6) is 0 Å². The van der Waals surface area contributed by atoms with Crippen molar-refractivity contribution in [2.75, 3.05) is 6.61 Å². The second-order valence-electron chi connectivity index (χ2n) is 10.8. The maximum Gasteiger partial charge on any atom is 0.327 e. The van der Waals surface area contributed by atoms with E-state index in [1.54, 1.807) is 104 Å². The van der Waals surface area contributed by atoms with Gasteiger partial charge in [0.15, 0.2) is 11.2 Å². The van der Waals surface area contributed by atoms with E-state index in [-0.39, 0.29) is 18.6 Å². The smallest absolute Gasteiger partial charge is 0.327 e. The van der Waals surface area contributed by atoms with E-state index < -0.39 is 40.5 Å². The Labute approximate surface area is 275 Å². The Hall–Kier alpha value is -3.37. The number of nitriles is 1. The first-order chi connectivity index (χ1) is 21.0. The van der Waals surface area contributed by atoms with E-state index in [0.717, 1.165) is 0 Å². The minimum absolute atomic E-state index is 0.000187. The minimum atomic E-state index is -1.96. The van der Waals surface area contributed by atoms with Gasteiger partial charge in [0.05, 0.1) is 18.6 Å². The van der Waals surface area contributed by atoms with Gasteiger partial charge >= 0.3 is 5.97 Å². The third-order valence-corrected chi connectivity index (χ3v) is 9.47. The zero-order chi connectivity index (χ0) is 31.6. The van der Waals surface area contributed by atoms with E-state index in [2.05, 4.69) is 6.07 Å². The number of ketones is 1. The number of nitrogens with zero attached hydrogens (tertiary/aromatic N) is 1. The first-order valence-corrected chi connectivity index (χ1v) is 15.4. The number of carbonyl (C=O) groups excluding carboxylic acids is 2. The van der Waals surface area contributed by atoms with E-state index in [4.69, 9.17) is 51.1 Å². The lowest BCUT2D eigenvalue weighted by Gasteiger charge is -2.54. The molecule has 5 atom stereocenters. The molecule has 0 amide bonds. The zero-order valence-electron chi connectivity index (χ0n) is 23.5. The summed E-state index contributed by atoms with van der Waals surface area (Å²) >= 11 is 24.9. The molecule has 1 saturated carbocycles. The summed E-state index contributed by atoms with van der Waals surface area (Å²) in [6, 6.07) is 28.6. The third kappa shape index (κ3) is 5.74. The van der Waals surface area contributed by atoms with Crippen LogP contribution >= 0.6 is 46.4 Å². The lowest BCUT2D eigenvalue weighted by molar-refractivity contribution is -0.164. The van der Waals surface area contributed by atoms with Gasteiger partial charge in [0.25, 0.3) is 0 Å². The van der Waals surface area contributed by atoms with Crippen molar-refractivity contribution in [1.82, 2.24) is 0 Å². The standard InChI is InChI=1S/C35H27Cl4NO4/c1-2-44-33(42)34(20-40)29(21-3-11-25(36)12-4-21)19-35(43,24-9-17-28(39)18-10-24)31(30(34)22-5-13-26(37)14-6-22)32(41)23-7-15-27(38)16-8-23/h3-18,29-31,43H,2,19H2,1H3/t29-,30+,31+,34+,35+/m1/s1. The highest BCUT2D eigenvalue weighted by atomic mass is 35.5. The number of halogens is 4. The molecule has 0 unspecified atom stereocenters. The van der Waals surface area contributed by atoms with Crippen molar-refractivity contribution < 1.29 is 19.4 Å². The molecule has 1 N–H and O–H groups in total. The fourth-order valence-corrected chi connectivity index (χ4v) is 6.97. The number of hydrogen-bond donors (Lipinski definition) is 1. The van der Waals surface area contributed by atoms with Gasteiger partial charge < -0.3 is 9.84 Å². The lowest BCUT2D eigenvalue weighted by atomic mass is 9.47. The van der Waals surface area contributed by atoms with Gasteiger partial charge in [0.1, 0.15) is 5.60 Å². The van der Waals surface area contributed by atoms with Crippen LogP contribution in [0, 0.1) is 22.7 Å². The monoisotopic (exact) mass is 665 g/mol. The molecule has 0 radical (unpaired) electrons. The molecule has 0 spiro atoms. The zero-order valence-corrected chi connectivity index (χ0v) is 26.5. The molecular weight excluding hydrogens is 640 g/mol. The van der Waals surface area contributed by atoms with Crippen molar-refractivity contribution in [3.05, 3.63) is 139 Å². The first kappa shape index (κ1) is 32.0. The van der Waals surface area contributed by atoms with Gasteiger partial charge in [-0.05, 0) is 90.7 Å². The highest BCUT2D eigenvalue weighted by Crippen LogP contribution is 2.64. The van der Waals surface area contributed by atoms with Crippen molar-refractivity contribution in [2.45, 2.75) is 30.8 Å². The number of benzene rings is 4.